The third-order valence-electron chi connectivity index (χ3n) is 3.40. The van der Waals surface area contributed by atoms with Crippen molar-refractivity contribution in [2.45, 2.75) is 12.8 Å². The molecule has 0 amide bonds. The van der Waals surface area contributed by atoms with Crippen LogP contribution in [0.5, 0.6) is 5.75 Å². The molecule has 1 aliphatic carbocycles. The van der Waals surface area contributed by atoms with Gasteiger partial charge < -0.3 is 14.4 Å². The second-order valence-electron chi connectivity index (χ2n) is 5.20. The Bertz CT molecular complexity index is 504. The van der Waals surface area contributed by atoms with Crippen LogP contribution in [0.25, 0.3) is 5.57 Å². The van der Waals surface area contributed by atoms with Gasteiger partial charge in [-0.15, -0.1) is 0 Å². The van der Waals surface area contributed by atoms with Gasteiger partial charge in [-0.1, -0.05) is 12.1 Å². The van der Waals surface area contributed by atoms with Gasteiger partial charge in [0.25, 0.3) is 0 Å². The lowest BCUT2D eigenvalue weighted by Crippen LogP contribution is -2.16. The zero-order valence-electron chi connectivity index (χ0n) is 12.6. The molecular weight excluding hydrogens is 250 g/mol. The van der Waals surface area contributed by atoms with E-state index in [2.05, 4.69) is 29.2 Å². The molecule has 20 heavy (non-hydrogen) atoms. The fourth-order valence-corrected chi connectivity index (χ4v) is 2.26. The summed E-state index contributed by atoms with van der Waals surface area (Å²) < 4.78 is 10.8. The minimum absolute atomic E-state index is 0.715. The van der Waals surface area contributed by atoms with Crippen LogP contribution in [0.1, 0.15) is 17.5 Å². The van der Waals surface area contributed by atoms with Gasteiger partial charge in [0.1, 0.15) is 5.75 Å². The fourth-order valence-electron chi connectivity index (χ4n) is 2.26. The Kier molecular flexibility index (Phi) is 5.24. The average molecular weight is 273 g/mol. The molecule has 0 spiro atoms. The molecule has 0 heterocycles. The molecule has 1 aromatic carbocycles. The predicted molar refractivity (Wildman–Crippen MR) is 82.9 cm³/mol. The molecule has 1 aliphatic rings. The normalized spacial score (nSPS) is 14.3. The maximum absolute atomic E-state index is 5.52. The molecule has 1 aromatic rings. The van der Waals surface area contributed by atoms with Crippen molar-refractivity contribution < 1.29 is 9.47 Å². The van der Waals surface area contributed by atoms with Crippen LogP contribution in [0, 0.1) is 0 Å². The number of allylic oxidation sites excluding steroid dienone is 3. The molecule has 108 valence electrons. The van der Waals surface area contributed by atoms with E-state index in [-0.39, 0.29) is 0 Å². The van der Waals surface area contributed by atoms with Crippen LogP contribution in [0.3, 0.4) is 0 Å². The molecule has 0 unspecified atom stereocenters. The highest BCUT2D eigenvalue weighted by molar-refractivity contribution is 5.77. The monoisotopic (exact) mass is 273 g/mol. The summed E-state index contributed by atoms with van der Waals surface area (Å²) in [4.78, 5) is 2.11. The first-order valence-electron chi connectivity index (χ1n) is 7.01. The molecule has 0 fully saturated rings. The highest BCUT2D eigenvalue weighted by Crippen LogP contribution is 2.30. The summed E-state index contributed by atoms with van der Waals surface area (Å²) in [5.74, 6) is 0.927. The minimum atomic E-state index is 0.715. The first-order valence-corrected chi connectivity index (χ1v) is 7.01. The number of likely N-dealkylation sites (N-methyl/N-ethyl adjacent to an activating group) is 1. The van der Waals surface area contributed by atoms with Crippen molar-refractivity contribution in [3.63, 3.8) is 0 Å². The Balaban J connectivity index is 2.00. The van der Waals surface area contributed by atoms with E-state index >= 15 is 0 Å². The number of benzene rings is 1. The Labute approximate surface area is 121 Å². The quantitative estimate of drug-likeness (QED) is 0.587. The van der Waals surface area contributed by atoms with Crippen molar-refractivity contribution >= 4 is 5.57 Å². The van der Waals surface area contributed by atoms with Crippen LogP contribution in [-0.2, 0) is 11.2 Å². The second kappa shape index (κ2) is 7.15. The Morgan fingerprint density at radius 2 is 2.15 bits per heavy atom. The summed E-state index contributed by atoms with van der Waals surface area (Å²) in [5.41, 5.74) is 3.86. The van der Waals surface area contributed by atoms with Gasteiger partial charge >= 0.3 is 0 Å². The van der Waals surface area contributed by atoms with Crippen molar-refractivity contribution in [2.24, 2.45) is 0 Å². The average Bonchev–Trinajstić information content (AvgIpc) is 2.46. The topological polar surface area (TPSA) is 21.7 Å². The summed E-state index contributed by atoms with van der Waals surface area (Å²) in [5, 5.41) is 0. The summed E-state index contributed by atoms with van der Waals surface area (Å²) in [6.07, 6.45) is 8.26. The number of ether oxygens (including phenoxy) is 2. The summed E-state index contributed by atoms with van der Waals surface area (Å²) in [6.45, 7) is 1.64. The number of rotatable bonds is 6. The maximum atomic E-state index is 5.52. The van der Waals surface area contributed by atoms with E-state index < -0.39 is 0 Å². The smallest absolute Gasteiger partial charge is 0.119 e. The number of hydrogen-bond acceptors (Lipinski definition) is 3. The van der Waals surface area contributed by atoms with Gasteiger partial charge in [-0.05, 0) is 61.8 Å². The molecule has 0 N–H and O–H groups in total. The van der Waals surface area contributed by atoms with Crippen LogP contribution in [-0.4, -0.2) is 39.3 Å². The Morgan fingerprint density at radius 3 is 2.90 bits per heavy atom. The molecule has 0 radical (unpaired) electrons. The molecular formula is C17H23NO2. The van der Waals surface area contributed by atoms with Crippen molar-refractivity contribution in [3.05, 3.63) is 47.7 Å². The maximum Gasteiger partial charge on any atom is 0.119 e. The molecule has 3 heteroatoms. The highest BCUT2D eigenvalue weighted by Gasteiger charge is 2.11. The van der Waals surface area contributed by atoms with Gasteiger partial charge in [0.05, 0.1) is 20.0 Å². The van der Waals surface area contributed by atoms with Crippen molar-refractivity contribution in [2.75, 3.05) is 34.4 Å². The van der Waals surface area contributed by atoms with Gasteiger partial charge in [0, 0.05) is 6.54 Å². The van der Waals surface area contributed by atoms with Gasteiger partial charge in [0.15, 0.2) is 0 Å². The summed E-state index contributed by atoms with van der Waals surface area (Å²) >= 11 is 0. The minimum Gasteiger partial charge on any atom is -0.500 e. The van der Waals surface area contributed by atoms with Crippen molar-refractivity contribution in [1.82, 2.24) is 4.90 Å². The van der Waals surface area contributed by atoms with Crippen LogP contribution >= 0.6 is 0 Å². The summed E-state index contributed by atoms with van der Waals surface area (Å²) in [6, 6.07) is 6.27. The van der Waals surface area contributed by atoms with Crippen molar-refractivity contribution in [1.29, 1.82) is 0 Å². The van der Waals surface area contributed by atoms with Crippen LogP contribution in [0.2, 0.25) is 0 Å². The summed E-state index contributed by atoms with van der Waals surface area (Å²) in [7, 11) is 5.79. The largest absolute Gasteiger partial charge is 0.500 e. The van der Waals surface area contributed by atoms with Gasteiger partial charge in [-0.2, -0.15) is 0 Å². The molecule has 0 aromatic heterocycles. The van der Waals surface area contributed by atoms with E-state index in [0.29, 0.717) is 6.61 Å². The molecule has 0 aliphatic heterocycles. The zero-order chi connectivity index (χ0) is 14.4. The van der Waals surface area contributed by atoms with Crippen LogP contribution < -0.4 is 4.74 Å². The number of nitrogens with zero attached hydrogens (tertiary/aromatic N) is 1. The molecule has 0 atom stereocenters. The lowest BCUT2D eigenvalue weighted by molar-refractivity contribution is 0.212. The lowest BCUT2D eigenvalue weighted by Gasteiger charge is -2.16. The van der Waals surface area contributed by atoms with Crippen LogP contribution in [0.15, 0.2) is 36.6 Å². The molecule has 0 saturated heterocycles. The highest BCUT2D eigenvalue weighted by atomic mass is 16.5. The van der Waals surface area contributed by atoms with Crippen LogP contribution in [0.4, 0.5) is 0 Å². The fraction of sp³-hybridized carbons (Fsp3) is 0.412. The number of hydrogen-bond donors (Lipinski definition) is 0. The third-order valence-corrected chi connectivity index (χ3v) is 3.40. The standard InChI is InChI=1S/C17H23NO2/c1-18(2)10-12-20-11-9-14-5-4-6-15-13-16(19-3)7-8-17(14)15/h5,7-9,11,13H,4,6,10,12H2,1-3H3/b11-9+. The third kappa shape index (κ3) is 3.87. The number of fused-ring (bicyclic) bond motifs is 1. The first-order chi connectivity index (χ1) is 9.70. The zero-order valence-corrected chi connectivity index (χ0v) is 12.6. The lowest BCUT2D eigenvalue weighted by atomic mass is 9.90. The molecule has 2 rings (SSSR count). The number of methoxy groups -OCH3 is 1. The SMILES string of the molecule is COc1ccc2c(c1)CCC=C2/C=C/OCCN(C)C. The van der Waals surface area contributed by atoms with E-state index in [1.807, 2.05) is 20.2 Å². The Morgan fingerprint density at radius 1 is 1.30 bits per heavy atom. The molecule has 3 nitrogen and oxygen atoms in total. The Hall–Kier alpha value is -1.74. The van der Waals surface area contributed by atoms with Gasteiger partial charge in [0.2, 0.25) is 0 Å². The van der Waals surface area contributed by atoms with E-state index in [1.54, 1.807) is 13.4 Å². The van der Waals surface area contributed by atoms with Crippen molar-refractivity contribution in [3.8, 4) is 5.75 Å². The number of aryl methyl sites for hydroxylation is 1. The molecule has 0 saturated carbocycles. The second-order valence-corrected chi connectivity index (χ2v) is 5.20. The van der Waals surface area contributed by atoms with E-state index in [0.717, 1.165) is 25.1 Å². The molecule has 0 bridgehead atoms. The van der Waals surface area contributed by atoms with E-state index in [9.17, 15) is 0 Å². The van der Waals surface area contributed by atoms with Gasteiger partial charge in [-0.3, -0.25) is 0 Å². The van der Waals surface area contributed by atoms with E-state index in [4.69, 9.17) is 9.47 Å². The first kappa shape index (κ1) is 14.7. The van der Waals surface area contributed by atoms with E-state index in [1.165, 1.54) is 16.7 Å². The van der Waals surface area contributed by atoms with Gasteiger partial charge in [-0.25, -0.2) is 0 Å². The predicted octanol–water partition coefficient (Wildman–Crippen LogP) is 3.12.